The van der Waals surface area contributed by atoms with E-state index in [0.29, 0.717) is 6.04 Å². The lowest BCUT2D eigenvalue weighted by atomic mass is 9.86. The first kappa shape index (κ1) is 13.7. The van der Waals surface area contributed by atoms with Crippen LogP contribution in [0, 0.1) is 5.92 Å². The number of aliphatic imine (C=N–C) groups is 1. The quantitative estimate of drug-likeness (QED) is 0.859. The van der Waals surface area contributed by atoms with Crippen LogP contribution in [0.3, 0.4) is 0 Å². The number of nitrogens with zero attached hydrogens (tertiary/aromatic N) is 1. The molecule has 3 rings (SSSR count). The molecule has 1 aliphatic carbocycles. The van der Waals surface area contributed by atoms with Crippen molar-refractivity contribution in [3.05, 3.63) is 0 Å². The molecular weight excluding hydrogens is 256 g/mol. The molecule has 2 unspecified atom stereocenters. The summed E-state index contributed by atoms with van der Waals surface area (Å²) in [6.07, 6.45) is 7.33. The molecule has 0 bridgehead atoms. The van der Waals surface area contributed by atoms with Gasteiger partial charge in [0.15, 0.2) is 5.17 Å². The van der Waals surface area contributed by atoms with Crippen molar-refractivity contribution in [2.75, 3.05) is 13.2 Å². The highest BCUT2D eigenvalue weighted by atomic mass is 32.2. The minimum atomic E-state index is 0.107. The van der Waals surface area contributed by atoms with Crippen LogP contribution in [0.25, 0.3) is 0 Å². The molecule has 0 aromatic heterocycles. The summed E-state index contributed by atoms with van der Waals surface area (Å²) < 4.78 is 6.04. The standard InChI is InChI=1S/C15H26N2OS/c1-3-15(4-2)9-12(7-8-18-15)17-14-16-10-13(19-14)11-5-6-11/h11-13H,3-10H2,1-2H3,(H,16,17). The predicted octanol–water partition coefficient (Wildman–Crippen LogP) is 3.20. The largest absolute Gasteiger partial charge is 0.375 e. The van der Waals surface area contributed by atoms with Gasteiger partial charge in [0, 0.05) is 17.9 Å². The van der Waals surface area contributed by atoms with Gasteiger partial charge in [0.05, 0.1) is 12.1 Å². The van der Waals surface area contributed by atoms with Crippen molar-refractivity contribution in [2.24, 2.45) is 10.9 Å². The first-order valence-corrected chi connectivity index (χ1v) is 8.74. The summed E-state index contributed by atoms with van der Waals surface area (Å²) in [5.41, 5.74) is 0.107. The molecule has 2 fully saturated rings. The van der Waals surface area contributed by atoms with Crippen molar-refractivity contribution in [1.82, 2.24) is 5.32 Å². The normalized spacial score (nSPS) is 34.1. The van der Waals surface area contributed by atoms with Gasteiger partial charge in [-0.3, -0.25) is 4.99 Å². The Morgan fingerprint density at radius 2 is 2.11 bits per heavy atom. The maximum Gasteiger partial charge on any atom is 0.157 e. The average molecular weight is 282 g/mol. The molecule has 0 spiro atoms. The van der Waals surface area contributed by atoms with E-state index in [2.05, 4.69) is 19.2 Å². The molecule has 19 heavy (non-hydrogen) atoms. The van der Waals surface area contributed by atoms with Crippen LogP contribution in [0.2, 0.25) is 0 Å². The number of ether oxygens (including phenoxy) is 1. The SMILES string of the molecule is CCC1(CC)CC(NC2=NCC(C3CC3)S2)CCO1. The summed E-state index contributed by atoms with van der Waals surface area (Å²) >= 11 is 1.99. The molecule has 2 aliphatic heterocycles. The fourth-order valence-corrected chi connectivity index (χ4v) is 4.54. The first-order valence-electron chi connectivity index (χ1n) is 7.86. The van der Waals surface area contributed by atoms with Gasteiger partial charge >= 0.3 is 0 Å². The van der Waals surface area contributed by atoms with E-state index in [1.54, 1.807) is 0 Å². The monoisotopic (exact) mass is 282 g/mol. The highest BCUT2D eigenvalue weighted by Gasteiger charge is 2.38. The number of thioether (sulfide) groups is 1. The fourth-order valence-electron chi connectivity index (χ4n) is 3.25. The number of amidine groups is 1. The van der Waals surface area contributed by atoms with E-state index in [9.17, 15) is 0 Å². The van der Waals surface area contributed by atoms with Crippen LogP contribution >= 0.6 is 11.8 Å². The lowest BCUT2D eigenvalue weighted by Crippen LogP contribution is -2.47. The number of nitrogens with one attached hydrogen (secondary N) is 1. The highest BCUT2D eigenvalue weighted by Crippen LogP contribution is 2.42. The summed E-state index contributed by atoms with van der Waals surface area (Å²) in [6, 6.07) is 0.554. The summed E-state index contributed by atoms with van der Waals surface area (Å²) in [6.45, 7) is 6.42. The number of hydrogen-bond donors (Lipinski definition) is 1. The van der Waals surface area contributed by atoms with E-state index in [1.165, 1.54) is 18.0 Å². The Balaban J connectivity index is 1.52. The van der Waals surface area contributed by atoms with Crippen molar-refractivity contribution in [1.29, 1.82) is 0 Å². The fraction of sp³-hybridized carbons (Fsp3) is 0.933. The predicted molar refractivity (Wildman–Crippen MR) is 81.8 cm³/mol. The smallest absolute Gasteiger partial charge is 0.157 e. The minimum absolute atomic E-state index is 0.107. The van der Waals surface area contributed by atoms with Crippen molar-refractivity contribution >= 4 is 16.9 Å². The maximum absolute atomic E-state index is 6.04. The molecule has 3 aliphatic rings. The molecule has 2 atom stereocenters. The number of hydrogen-bond acceptors (Lipinski definition) is 4. The van der Waals surface area contributed by atoms with Crippen LogP contribution in [0.5, 0.6) is 0 Å². The molecule has 1 saturated carbocycles. The minimum Gasteiger partial charge on any atom is -0.375 e. The van der Waals surface area contributed by atoms with Crippen molar-refractivity contribution < 1.29 is 4.74 Å². The molecular formula is C15H26N2OS. The summed E-state index contributed by atoms with van der Waals surface area (Å²) in [5.74, 6) is 0.952. The van der Waals surface area contributed by atoms with Crippen molar-refractivity contribution in [2.45, 2.75) is 69.3 Å². The molecule has 0 radical (unpaired) electrons. The van der Waals surface area contributed by atoms with Crippen LogP contribution in [0.15, 0.2) is 4.99 Å². The molecule has 0 amide bonds. The van der Waals surface area contributed by atoms with Gasteiger partial charge in [-0.05, 0) is 44.4 Å². The topological polar surface area (TPSA) is 33.6 Å². The van der Waals surface area contributed by atoms with Gasteiger partial charge in [0.25, 0.3) is 0 Å². The average Bonchev–Trinajstić information content (AvgIpc) is 3.20. The second-order valence-electron chi connectivity index (χ2n) is 6.21. The molecule has 2 heterocycles. The zero-order valence-corrected chi connectivity index (χ0v) is 13.0. The Labute approximate surface area is 121 Å². The van der Waals surface area contributed by atoms with E-state index in [1.807, 2.05) is 11.8 Å². The zero-order chi connectivity index (χ0) is 13.3. The third-order valence-corrected chi connectivity index (χ3v) is 6.24. The summed E-state index contributed by atoms with van der Waals surface area (Å²) in [5, 5.41) is 5.65. The van der Waals surface area contributed by atoms with Crippen molar-refractivity contribution in [3.8, 4) is 0 Å². The highest BCUT2D eigenvalue weighted by molar-refractivity contribution is 8.14. The van der Waals surface area contributed by atoms with Crippen molar-refractivity contribution in [3.63, 3.8) is 0 Å². The second-order valence-corrected chi connectivity index (χ2v) is 7.44. The second kappa shape index (κ2) is 5.65. The third kappa shape index (κ3) is 3.10. The number of rotatable bonds is 4. The van der Waals surface area contributed by atoms with Gasteiger partial charge in [-0.2, -0.15) is 0 Å². The molecule has 3 nitrogen and oxygen atoms in total. The Bertz CT molecular complexity index is 350. The van der Waals surface area contributed by atoms with E-state index in [0.717, 1.165) is 50.0 Å². The molecule has 0 aromatic carbocycles. The van der Waals surface area contributed by atoms with Gasteiger partial charge in [0.2, 0.25) is 0 Å². The summed E-state index contributed by atoms with van der Waals surface area (Å²) in [7, 11) is 0. The Morgan fingerprint density at radius 3 is 2.79 bits per heavy atom. The van der Waals surface area contributed by atoms with Gasteiger partial charge in [0.1, 0.15) is 0 Å². The van der Waals surface area contributed by atoms with Gasteiger partial charge in [-0.15, -0.1) is 0 Å². The zero-order valence-electron chi connectivity index (χ0n) is 12.2. The van der Waals surface area contributed by atoms with Crippen LogP contribution < -0.4 is 5.32 Å². The van der Waals surface area contributed by atoms with Gasteiger partial charge in [-0.25, -0.2) is 0 Å². The van der Waals surface area contributed by atoms with E-state index in [-0.39, 0.29) is 5.60 Å². The molecule has 1 N–H and O–H groups in total. The maximum atomic E-state index is 6.04. The Kier molecular flexibility index (Phi) is 4.08. The Hall–Kier alpha value is -0.220. The van der Waals surface area contributed by atoms with Crippen LogP contribution in [-0.2, 0) is 4.74 Å². The van der Waals surface area contributed by atoms with Crippen LogP contribution in [0.4, 0.5) is 0 Å². The van der Waals surface area contributed by atoms with Crippen LogP contribution in [0.1, 0.15) is 52.4 Å². The third-order valence-electron chi connectivity index (χ3n) is 4.93. The lowest BCUT2D eigenvalue weighted by Gasteiger charge is -2.40. The van der Waals surface area contributed by atoms with Gasteiger partial charge < -0.3 is 10.1 Å². The molecule has 1 saturated heterocycles. The Morgan fingerprint density at radius 1 is 1.32 bits per heavy atom. The van der Waals surface area contributed by atoms with Crippen LogP contribution in [-0.4, -0.2) is 35.2 Å². The molecule has 108 valence electrons. The van der Waals surface area contributed by atoms with E-state index >= 15 is 0 Å². The molecule has 0 aromatic rings. The van der Waals surface area contributed by atoms with E-state index < -0.39 is 0 Å². The lowest BCUT2D eigenvalue weighted by molar-refractivity contribution is -0.0909. The van der Waals surface area contributed by atoms with Gasteiger partial charge in [-0.1, -0.05) is 25.6 Å². The molecule has 4 heteroatoms. The summed E-state index contributed by atoms with van der Waals surface area (Å²) in [4.78, 5) is 4.70. The van der Waals surface area contributed by atoms with E-state index in [4.69, 9.17) is 9.73 Å². The first-order chi connectivity index (χ1) is 9.24.